The topological polar surface area (TPSA) is 58.1 Å². The van der Waals surface area contributed by atoms with Gasteiger partial charge in [0, 0.05) is 25.0 Å². The molecule has 1 saturated heterocycles. The van der Waals surface area contributed by atoms with Crippen LogP contribution in [0.15, 0.2) is 24.4 Å². The third-order valence-corrected chi connectivity index (χ3v) is 4.28. The number of benzene rings is 1. The van der Waals surface area contributed by atoms with Crippen molar-refractivity contribution in [2.24, 2.45) is 0 Å². The Balaban J connectivity index is 1.75. The van der Waals surface area contributed by atoms with E-state index >= 15 is 0 Å². The van der Waals surface area contributed by atoms with E-state index in [1.54, 1.807) is 32.2 Å². The van der Waals surface area contributed by atoms with Crippen molar-refractivity contribution in [1.29, 1.82) is 0 Å². The first-order valence-corrected chi connectivity index (χ1v) is 8.20. The molecule has 1 aromatic carbocycles. The maximum absolute atomic E-state index is 13.6. The van der Waals surface area contributed by atoms with Gasteiger partial charge in [0.1, 0.15) is 5.82 Å². The van der Waals surface area contributed by atoms with Gasteiger partial charge in [0.05, 0.1) is 11.3 Å². The van der Waals surface area contributed by atoms with Crippen molar-refractivity contribution < 1.29 is 9.18 Å². The third-order valence-electron chi connectivity index (χ3n) is 4.28. The maximum atomic E-state index is 13.6. The molecule has 1 N–H and O–H groups in total. The number of carbonyl (C=O) groups is 1. The lowest BCUT2D eigenvalue weighted by molar-refractivity contribution is 0.102. The molecule has 0 bridgehead atoms. The number of rotatable bonds is 3. The average Bonchev–Trinajstić information content (AvgIpc) is 2.59. The van der Waals surface area contributed by atoms with Gasteiger partial charge < -0.3 is 10.2 Å². The lowest BCUT2D eigenvalue weighted by Crippen LogP contribution is -2.31. The fourth-order valence-corrected chi connectivity index (χ4v) is 2.79. The summed E-state index contributed by atoms with van der Waals surface area (Å²) in [6, 6.07) is 4.62. The van der Waals surface area contributed by atoms with Gasteiger partial charge in [-0.3, -0.25) is 4.79 Å². The number of hydrogen-bond acceptors (Lipinski definition) is 4. The zero-order valence-electron chi connectivity index (χ0n) is 14.0. The molecule has 1 aromatic heterocycles. The summed E-state index contributed by atoms with van der Waals surface area (Å²) in [6.45, 7) is 5.37. The van der Waals surface area contributed by atoms with Crippen molar-refractivity contribution in [3.8, 4) is 0 Å². The Hall–Kier alpha value is -2.50. The number of carbonyl (C=O) groups excluding carboxylic acids is 1. The summed E-state index contributed by atoms with van der Waals surface area (Å²) in [5.41, 5.74) is 1.98. The summed E-state index contributed by atoms with van der Waals surface area (Å²) in [5, 5.41) is 2.69. The van der Waals surface area contributed by atoms with Gasteiger partial charge in [0.15, 0.2) is 0 Å². The maximum Gasteiger partial charge on any atom is 0.259 e. The van der Waals surface area contributed by atoms with Crippen LogP contribution in [-0.4, -0.2) is 29.0 Å². The van der Waals surface area contributed by atoms with Gasteiger partial charge in [-0.1, -0.05) is 6.07 Å². The molecule has 0 aliphatic carbocycles. The van der Waals surface area contributed by atoms with Crippen LogP contribution in [0.25, 0.3) is 0 Å². The Bertz CT molecular complexity index is 757. The number of anilines is 2. The van der Waals surface area contributed by atoms with Gasteiger partial charge in [-0.2, -0.15) is 0 Å². The lowest BCUT2D eigenvalue weighted by atomic mass is 10.1. The zero-order valence-corrected chi connectivity index (χ0v) is 14.0. The Kier molecular flexibility index (Phi) is 4.74. The number of hydrogen-bond donors (Lipinski definition) is 1. The molecule has 1 fully saturated rings. The Labute approximate surface area is 140 Å². The molecule has 0 atom stereocenters. The van der Waals surface area contributed by atoms with Gasteiger partial charge in [-0.25, -0.2) is 14.4 Å². The first kappa shape index (κ1) is 16.4. The zero-order chi connectivity index (χ0) is 17.1. The van der Waals surface area contributed by atoms with E-state index < -0.39 is 0 Å². The molecule has 3 rings (SSSR count). The molecule has 6 heteroatoms. The van der Waals surface area contributed by atoms with Crippen molar-refractivity contribution in [2.75, 3.05) is 23.3 Å². The number of aryl methyl sites for hydroxylation is 2. The van der Waals surface area contributed by atoms with Crippen molar-refractivity contribution in [3.05, 3.63) is 47.0 Å². The van der Waals surface area contributed by atoms with Crippen molar-refractivity contribution in [1.82, 2.24) is 9.97 Å². The highest BCUT2D eigenvalue weighted by atomic mass is 19.1. The molecule has 1 aliphatic rings. The SMILES string of the molecule is Cc1ccc(NC(=O)c2cnc(N3CCCCC3)nc2C)cc1F. The summed E-state index contributed by atoms with van der Waals surface area (Å²) in [7, 11) is 0. The second kappa shape index (κ2) is 6.95. The highest BCUT2D eigenvalue weighted by molar-refractivity contribution is 6.04. The Morgan fingerprint density at radius 1 is 1.21 bits per heavy atom. The summed E-state index contributed by atoms with van der Waals surface area (Å²) < 4.78 is 13.6. The smallest absolute Gasteiger partial charge is 0.259 e. The quantitative estimate of drug-likeness (QED) is 0.937. The first-order chi connectivity index (χ1) is 11.5. The van der Waals surface area contributed by atoms with Crippen LogP contribution in [0.3, 0.4) is 0 Å². The highest BCUT2D eigenvalue weighted by Gasteiger charge is 2.17. The van der Waals surface area contributed by atoms with Crippen LogP contribution in [0, 0.1) is 19.7 Å². The van der Waals surface area contributed by atoms with Crippen LogP contribution in [0.2, 0.25) is 0 Å². The van der Waals surface area contributed by atoms with Crippen LogP contribution >= 0.6 is 0 Å². The second-order valence-corrected chi connectivity index (χ2v) is 6.13. The summed E-state index contributed by atoms with van der Waals surface area (Å²) in [5.74, 6) is -0.00713. The molecule has 0 unspecified atom stereocenters. The van der Waals surface area contributed by atoms with E-state index in [-0.39, 0.29) is 11.7 Å². The molecule has 0 saturated carbocycles. The fourth-order valence-electron chi connectivity index (χ4n) is 2.79. The first-order valence-electron chi connectivity index (χ1n) is 8.20. The largest absolute Gasteiger partial charge is 0.341 e. The Morgan fingerprint density at radius 3 is 2.62 bits per heavy atom. The minimum Gasteiger partial charge on any atom is -0.341 e. The van der Waals surface area contributed by atoms with E-state index in [2.05, 4.69) is 20.2 Å². The lowest BCUT2D eigenvalue weighted by Gasteiger charge is -2.26. The molecule has 1 aliphatic heterocycles. The van der Waals surface area contributed by atoms with E-state index in [0.29, 0.717) is 28.5 Å². The predicted molar refractivity (Wildman–Crippen MR) is 91.9 cm³/mol. The molecule has 0 spiro atoms. The van der Waals surface area contributed by atoms with E-state index in [9.17, 15) is 9.18 Å². The minimum absolute atomic E-state index is 0.332. The van der Waals surface area contributed by atoms with Gasteiger partial charge in [0.2, 0.25) is 5.95 Å². The summed E-state index contributed by atoms with van der Waals surface area (Å²) in [4.78, 5) is 23.3. The minimum atomic E-state index is -0.346. The molecule has 0 radical (unpaired) electrons. The number of aromatic nitrogens is 2. The van der Waals surface area contributed by atoms with Crippen LogP contribution in [-0.2, 0) is 0 Å². The highest BCUT2D eigenvalue weighted by Crippen LogP contribution is 2.18. The number of nitrogens with zero attached hydrogens (tertiary/aromatic N) is 3. The standard InChI is InChI=1S/C18H21FN4O/c1-12-6-7-14(10-16(12)19)22-17(24)15-11-20-18(21-13(15)2)23-8-4-3-5-9-23/h6-7,10-11H,3-5,8-9H2,1-2H3,(H,22,24). The van der Waals surface area contributed by atoms with Gasteiger partial charge in [-0.15, -0.1) is 0 Å². The molecule has 1 amide bonds. The average molecular weight is 328 g/mol. The van der Waals surface area contributed by atoms with Crippen LogP contribution in [0.1, 0.15) is 40.9 Å². The normalized spacial score (nSPS) is 14.5. The monoisotopic (exact) mass is 328 g/mol. The number of piperidine rings is 1. The number of amides is 1. The molecule has 2 aromatic rings. The van der Waals surface area contributed by atoms with E-state index in [4.69, 9.17) is 0 Å². The summed E-state index contributed by atoms with van der Waals surface area (Å²) in [6.07, 6.45) is 5.07. The van der Waals surface area contributed by atoms with E-state index in [1.807, 2.05) is 0 Å². The molecule has 5 nitrogen and oxygen atoms in total. The number of nitrogens with one attached hydrogen (secondary N) is 1. The van der Waals surface area contributed by atoms with Gasteiger partial charge >= 0.3 is 0 Å². The molecule has 24 heavy (non-hydrogen) atoms. The van der Waals surface area contributed by atoms with E-state index in [0.717, 1.165) is 25.9 Å². The molecular weight excluding hydrogens is 307 g/mol. The van der Waals surface area contributed by atoms with Gasteiger partial charge in [-0.05, 0) is 50.8 Å². The molecule has 126 valence electrons. The van der Waals surface area contributed by atoms with Crippen LogP contribution < -0.4 is 10.2 Å². The second-order valence-electron chi connectivity index (χ2n) is 6.13. The van der Waals surface area contributed by atoms with E-state index in [1.165, 1.54) is 12.5 Å². The van der Waals surface area contributed by atoms with Gasteiger partial charge in [0.25, 0.3) is 5.91 Å². The van der Waals surface area contributed by atoms with Crippen molar-refractivity contribution >= 4 is 17.5 Å². The van der Waals surface area contributed by atoms with Crippen LogP contribution in [0.4, 0.5) is 16.0 Å². The van der Waals surface area contributed by atoms with Crippen molar-refractivity contribution in [3.63, 3.8) is 0 Å². The fraction of sp³-hybridized carbons (Fsp3) is 0.389. The predicted octanol–water partition coefficient (Wildman–Crippen LogP) is 3.48. The number of halogens is 1. The van der Waals surface area contributed by atoms with Crippen molar-refractivity contribution in [2.45, 2.75) is 33.1 Å². The molecular formula is C18H21FN4O. The summed E-state index contributed by atoms with van der Waals surface area (Å²) >= 11 is 0. The molecule has 2 heterocycles. The van der Waals surface area contributed by atoms with Crippen LogP contribution in [0.5, 0.6) is 0 Å². The third kappa shape index (κ3) is 3.53. The Morgan fingerprint density at radius 2 is 1.96 bits per heavy atom.